The van der Waals surface area contributed by atoms with Gasteiger partial charge in [-0.2, -0.15) is 17.5 Å². The molecule has 2 amide bonds. The Morgan fingerprint density at radius 2 is 1.83 bits per heavy atom. The van der Waals surface area contributed by atoms with E-state index >= 15 is 4.39 Å². The van der Waals surface area contributed by atoms with Crippen LogP contribution in [0.2, 0.25) is 5.02 Å². The number of halogens is 5. The zero-order valence-electron chi connectivity index (χ0n) is 26.4. The van der Waals surface area contributed by atoms with Crippen molar-refractivity contribution in [3.63, 3.8) is 0 Å². The van der Waals surface area contributed by atoms with Gasteiger partial charge in [0.1, 0.15) is 11.9 Å². The van der Waals surface area contributed by atoms with Gasteiger partial charge in [-0.05, 0) is 75.0 Å². The lowest BCUT2D eigenvalue weighted by Crippen LogP contribution is -2.57. The van der Waals surface area contributed by atoms with Gasteiger partial charge in [0.25, 0.3) is 0 Å². The average Bonchev–Trinajstić information content (AvgIpc) is 3.16. The number of pyridine rings is 1. The van der Waals surface area contributed by atoms with E-state index in [0.717, 1.165) is 19.7 Å². The normalized spacial score (nSPS) is 26.8. The number of carbonyl (C=O) groups excluding carboxylic acids is 2. The van der Waals surface area contributed by atoms with Gasteiger partial charge in [-0.1, -0.05) is 23.7 Å². The number of benzene rings is 1. The van der Waals surface area contributed by atoms with E-state index in [1.807, 2.05) is 0 Å². The molecule has 1 saturated carbocycles. The lowest BCUT2D eigenvalue weighted by molar-refractivity contribution is -0.184. The number of alkyl carbamates (subject to hydrolysis) is 1. The Bertz CT molecular complexity index is 1560. The number of hydrogen-bond acceptors (Lipinski definition) is 7. The summed E-state index contributed by atoms with van der Waals surface area (Å²) >= 11 is 6.12. The van der Waals surface area contributed by atoms with E-state index < -0.39 is 63.9 Å². The Morgan fingerprint density at radius 1 is 1.12 bits per heavy atom. The van der Waals surface area contributed by atoms with Crippen LogP contribution >= 0.6 is 11.6 Å². The van der Waals surface area contributed by atoms with Gasteiger partial charge < -0.3 is 20.7 Å². The van der Waals surface area contributed by atoms with E-state index in [2.05, 4.69) is 20.9 Å². The molecule has 10 nitrogen and oxygen atoms in total. The standard InChI is InChI=1S/C32H40ClF4N5O5S/c1-47-31(44)41-29(28(20-6-10-22(33)11-7-20)19-4-8-21(9-5-19)32(35,36)37)30(43)40-27-17-38-16-26(34)25(27)13-12-24-15-39-23-3-2-14-48(45,46)42(24)18-23/h6-7,10-11,16-17,19,21,23-24,28-29,39H,2-5,8-9,12-15,18H2,1H3,(H,40,43)(H,41,44)/t19?,21?,23-,24+,28-,29+/m1/s1. The summed E-state index contributed by atoms with van der Waals surface area (Å²) in [5.74, 6) is -4.07. The monoisotopic (exact) mass is 717 g/mol. The number of ether oxygens (including phenoxy) is 1. The minimum Gasteiger partial charge on any atom is -0.453 e. The van der Waals surface area contributed by atoms with E-state index in [0.29, 0.717) is 30.1 Å². The summed E-state index contributed by atoms with van der Waals surface area (Å²) in [5, 5.41) is 9.07. The number of aromatic nitrogens is 1. The van der Waals surface area contributed by atoms with Crippen molar-refractivity contribution >= 4 is 39.3 Å². The second-order valence-electron chi connectivity index (χ2n) is 12.8. The summed E-state index contributed by atoms with van der Waals surface area (Å²) < 4.78 is 88.1. The fraction of sp³-hybridized carbons (Fsp3) is 0.594. The van der Waals surface area contributed by atoms with Crippen molar-refractivity contribution in [2.75, 3.05) is 31.3 Å². The summed E-state index contributed by atoms with van der Waals surface area (Å²) in [6.07, 6.45) is -1.33. The van der Waals surface area contributed by atoms with Crippen LogP contribution in [0, 0.1) is 17.7 Å². The molecular weight excluding hydrogens is 678 g/mol. The highest BCUT2D eigenvalue weighted by molar-refractivity contribution is 7.89. The molecule has 1 aromatic carbocycles. The summed E-state index contributed by atoms with van der Waals surface area (Å²) in [5.41, 5.74) is 0.719. The van der Waals surface area contributed by atoms with Gasteiger partial charge in [0, 0.05) is 41.7 Å². The third-order valence-corrected chi connectivity index (χ3v) is 12.1. The summed E-state index contributed by atoms with van der Waals surface area (Å²) in [6, 6.07) is 4.83. The van der Waals surface area contributed by atoms with Crippen LogP contribution in [0.5, 0.6) is 0 Å². The SMILES string of the molecule is COC(=O)N[C@H](C(=O)Nc1cncc(F)c1CC[C@H]1CN[C@@H]2CCCS(=O)(=O)N1C2)[C@@H](c1ccc(Cl)cc1)C1CCC(C(F)(F)F)CC1. The molecule has 16 heteroatoms. The van der Waals surface area contributed by atoms with Crippen molar-refractivity contribution in [2.45, 2.75) is 81.6 Å². The number of fused-ring (bicyclic) bond motifs is 2. The first kappa shape index (κ1) is 36.3. The van der Waals surface area contributed by atoms with E-state index in [1.54, 1.807) is 24.3 Å². The molecule has 1 aliphatic carbocycles. The third kappa shape index (κ3) is 8.58. The van der Waals surface area contributed by atoms with Crippen molar-refractivity contribution in [1.29, 1.82) is 0 Å². The summed E-state index contributed by atoms with van der Waals surface area (Å²) in [4.78, 5) is 30.6. The van der Waals surface area contributed by atoms with Gasteiger partial charge in [-0.15, -0.1) is 0 Å². The lowest BCUT2D eigenvalue weighted by Gasteiger charge is -2.38. The molecule has 3 aliphatic rings. The van der Waals surface area contributed by atoms with Crippen molar-refractivity contribution in [1.82, 2.24) is 19.9 Å². The molecule has 3 fully saturated rings. The van der Waals surface area contributed by atoms with Crippen molar-refractivity contribution in [3.05, 3.63) is 58.6 Å². The highest BCUT2D eigenvalue weighted by atomic mass is 35.5. The largest absolute Gasteiger partial charge is 0.453 e. The Labute approximate surface area is 282 Å². The fourth-order valence-corrected chi connectivity index (χ4v) is 9.25. The number of anilines is 1. The third-order valence-electron chi connectivity index (χ3n) is 9.85. The van der Waals surface area contributed by atoms with Crippen LogP contribution in [0.4, 0.5) is 28.0 Å². The molecule has 5 atom stereocenters. The molecule has 2 aromatic rings. The van der Waals surface area contributed by atoms with Gasteiger partial charge in [-0.25, -0.2) is 17.6 Å². The van der Waals surface area contributed by atoms with Gasteiger partial charge in [0.15, 0.2) is 0 Å². The molecule has 3 N–H and O–H groups in total. The molecule has 3 heterocycles. The summed E-state index contributed by atoms with van der Waals surface area (Å²) in [7, 11) is -2.35. The topological polar surface area (TPSA) is 130 Å². The van der Waals surface area contributed by atoms with Gasteiger partial charge in [0.2, 0.25) is 15.9 Å². The predicted molar refractivity (Wildman–Crippen MR) is 171 cm³/mol. The quantitative estimate of drug-likeness (QED) is 0.297. The Morgan fingerprint density at radius 3 is 2.50 bits per heavy atom. The zero-order valence-corrected chi connectivity index (χ0v) is 28.0. The maximum atomic E-state index is 15.3. The van der Waals surface area contributed by atoms with E-state index in [4.69, 9.17) is 16.3 Å². The van der Waals surface area contributed by atoms with E-state index in [9.17, 15) is 31.2 Å². The molecule has 264 valence electrons. The lowest BCUT2D eigenvalue weighted by atomic mass is 9.70. The van der Waals surface area contributed by atoms with Crippen LogP contribution in [-0.4, -0.2) is 80.0 Å². The molecular formula is C32H40ClF4N5O5S. The average molecular weight is 718 g/mol. The second kappa shape index (κ2) is 15.3. The number of rotatable bonds is 9. The molecule has 0 spiro atoms. The number of piperazine rings is 1. The Balaban J connectivity index is 1.41. The van der Waals surface area contributed by atoms with Crippen molar-refractivity contribution < 1.29 is 40.3 Å². The Hall–Kier alpha value is -3.01. The smallest absolute Gasteiger partial charge is 0.407 e. The highest BCUT2D eigenvalue weighted by Gasteiger charge is 2.45. The van der Waals surface area contributed by atoms with Crippen LogP contribution in [0.3, 0.4) is 0 Å². The number of carbonyl (C=O) groups is 2. The van der Waals surface area contributed by atoms with Crippen LogP contribution in [0.1, 0.15) is 62.0 Å². The maximum Gasteiger partial charge on any atom is 0.407 e. The van der Waals surface area contributed by atoms with Gasteiger partial charge in [0.05, 0.1) is 36.9 Å². The van der Waals surface area contributed by atoms with E-state index in [-0.39, 0.29) is 61.6 Å². The molecule has 2 bridgehead atoms. The molecule has 1 aromatic heterocycles. The minimum atomic E-state index is -4.34. The van der Waals surface area contributed by atoms with Crippen LogP contribution in [0.15, 0.2) is 36.7 Å². The van der Waals surface area contributed by atoms with Crippen LogP contribution < -0.4 is 16.0 Å². The fourth-order valence-electron chi connectivity index (χ4n) is 7.32. The molecule has 2 saturated heterocycles. The van der Waals surface area contributed by atoms with E-state index in [1.165, 1.54) is 10.5 Å². The highest BCUT2D eigenvalue weighted by Crippen LogP contribution is 2.45. The van der Waals surface area contributed by atoms with Crippen molar-refractivity contribution in [3.8, 4) is 0 Å². The number of hydrogen-bond donors (Lipinski definition) is 3. The number of methoxy groups -OCH3 is 1. The van der Waals surface area contributed by atoms with Crippen molar-refractivity contribution in [2.24, 2.45) is 11.8 Å². The number of nitrogens with one attached hydrogen (secondary N) is 3. The first-order valence-electron chi connectivity index (χ1n) is 16.1. The first-order chi connectivity index (χ1) is 22.8. The molecule has 48 heavy (non-hydrogen) atoms. The molecule has 2 aliphatic heterocycles. The molecule has 5 rings (SSSR count). The molecule has 1 unspecified atom stereocenters. The van der Waals surface area contributed by atoms with Gasteiger partial charge >= 0.3 is 12.3 Å². The minimum absolute atomic E-state index is 0.0349. The summed E-state index contributed by atoms with van der Waals surface area (Å²) in [6.45, 7) is 0.746. The number of amides is 2. The Kier molecular flexibility index (Phi) is 11.5. The van der Waals surface area contributed by atoms with Crippen LogP contribution in [-0.2, 0) is 26.0 Å². The zero-order chi connectivity index (χ0) is 34.6. The van der Waals surface area contributed by atoms with Gasteiger partial charge in [-0.3, -0.25) is 9.78 Å². The number of sulfonamides is 1. The number of alkyl halides is 3. The first-order valence-corrected chi connectivity index (χ1v) is 18.1. The number of nitrogens with zero attached hydrogens (tertiary/aromatic N) is 2. The molecule has 0 radical (unpaired) electrons. The van der Waals surface area contributed by atoms with Crippen LogP contribution in [0.25, 0.3) is 0 Å². The predicted octanol–water partition coefficient (Wildman–Crippen LogP) is 5.39. The maximum absolute atomic E-state index is 15.3. The second-order valence-corrected chi connectivity index (χ2v) is 15.3.